The van der Waals surface area contributed by atoms with E-state index in [0.717, 1.165) is 41.2 Å². The van der Waals surface area contributed by atoms with Gasteiger partial charge in [0.1, 0.15) is 17.8 Å². The third-order valence-electron chi connectivity index (χ3n) is 6.23. The molecule has 0 bridgehead atoms. The molecule has 0 spiro atoms. The summed E-state index contributed by atoms with van der Waals surface area (Å²) in [6.45, 7) is 0. The normalized spacial score (nSPS) is 21.6. The molecule has 3 atom stereocenters. The number of rotatable bonds is 4. The number of anilines is 2. The highest BCUT2D eigenvalue weighted by Crippen LogP contribution is 2.39. The van der Waals surface area contributed by atoms with Crippen LogP contribution in [0.5, 0.6) is 0 Å². The van der Waals surface area contributed by atoms with Crippen molar-refractivity contribution in [2.45, 2.75) is 37.8 Å². The highest BCUT2D eigenvalue weighted by molar-refractivity contribution is 5.86. The first-order valence-electron chi connectivity index (χ1n) is 10.1. The summed E-state index contributed by atoms with van der Waals surface area (Å²) in [5.74, 6) is 0.0740. The van der Waals surface area contributed by atoms with Crippen molar-refractivity contribution in [3.8, 4) is 0 Å². The lowest BCUT2D eigenvalue weighted by Gasteiger charge is -2.15. The zero-order valence-corrected chi connectivity index (χ0v) is 16.4. The smallest absolute Gasteiger partial charge is 0.165 e. The van der Waals surface area contributed by atoms with E-state index in [2.05, 4.69) is 19.5 Å². The maximum atomic E-state index is 13.6. The molecule has 7 nitrogen and oxygen atoms in total. The Morgan fingerprint density at radius 3 is 2.83 bits per heavy atom. The Labute approximate surface area is 172 Å². The molecule has 1 aliphatic carbocycles. The third kappa shape index (κ3) is 3.23. The topological polar surface area (TPSA) is 116 Å². The molecule has 0 saturated heterocycles. The summed E-state index contributed by atoms with van der Waals surface area (Å²) in [6.07, 6.45) is 6.32. The van der Waals surface area contributed by atoms with Crippen molar-refractivity contribution < 1.29 is 9.50 Å². The van der Waals surface area contributed by atoms with Gasteiger partial charge in [0, 0.05) is 17.6 Å². The maximum Gasteiger partial charge on any atom is 0.165 e. The number of hydrogen-bond acceptors (Lipinski definition) is 6. The highest BCUT2D eigenvalue weighted by Gasteiger charge is 2.34. The van der Waals surface area contributed by atoms with Gasteiger partial charge in [-0.15, -0.1) is 0 Å². The molecule has 1 aromatic carbocycles. The first kappa shape index (κ1) is 18.7. The van der Waals surface area contributed by atoms with Crippen molar-refractivity contribution in [2.75, 3.05) is 11.5 Å². The molecule has 1 fully saturated rings. The minimum Gasteiger partial charge on any atom is -0.393 e. The largest absolute Gasteiger partial charge is 0.393 e. The standard InChI is InChI=1S/C22H23FN6O/c23-17-9-13-3-1-12(7-18(13)28-21(17)25)2-4-14-8-15(10-19(14)30)29-6-5-16-20(24)26-11-27-22(16)29/h1,3,5-7,9,11,14-15,19,30H,2,4,8,10H2,(H2,25,28)(H2,24,26,27). The predicted octanol–water partition coefficient (Wildman–Crippen LogP) is 3.23. The van der Waals surface area contributed by atoms with Crippen LogP contribution in [0, 0.1) is 11.7 Å². The fourth-order valence-electron chi connectivity index (χ4n) is 4.61. The average molecular weight is 406 g/mol. The number of hydrogen-bond donors (Lipinski definition) is 3. The van der Waals surface area contributed by atoms with Gasteiger partial charge < -0.3 is 21.1 Å². The van der Waals surface area contributed by atoms with Crippen LogP contribution in [0.15, 0.2) is 42.9 Å². The van der Waals surface area contributed by atoms with E-state index < -0.39 is 5.82 Å². The Bertz CT molecular complexity index is 1240. The van der Waals surface area contributed by atoms with Gasteiger partial charge in [0.05, 0.1) is 17.0 Å². The Balaban J connectivity index is 1.31. The number of pyridine rings is 1. The lowest BCUT2D eigenvalue weighted by atomic mass is 9.96. The summed E-state index contributed by atoms with van der Waals surface area (Å²) >= 11 is 0. The number of aliphatic hydroxyl groups is 1. The molecule has 154 valence electrons. The van der Waals surface area contributed by atoms with Crippen LogP contribution in [-0.4, -0.2) is 30.7 Å². The Morgan fingerprint density at radius 1 is 1.10 bits per heavy atom. The van der Waals surface area contributed by atoms with Crippen LogP contribution in [0.1, 0.15) is 30.9 Å². The predicted molar refractivity (Wildman–Crippen MR) is 114 cm³/mol. The van der Waals surface area contributed by atoms with Crippen LogP contribution in [0.2, 0.25) is 0 Å². The van der Waals surface area contributed by atoms with E-state index in [1.165, 1.54) is 12.4 Å². The monoisotopic (exact) mass is 406 g/mol. The summed E-state index contributed by atoms with van der Waals surface area (Å²) < 4.78 is 15.7. The van der Waals surface area contributed by atoms with E-state index in [1.54, 1.807) is 0 Å². The van der Waals surface area contributed by atoms with Gasteiger partial charge in [0.15, 0.2) is 11.6 Å². The number of fused-ring (bicyclic) bond motifs is 2. The molecule has 3 heterocycles. The molecule has 5 N–H and O–H groups in total. The molecule has 8 heteroatoms. The fraction of sp³-hybridized carbons (Fsp3) is 0.318. The summed E-state index contributed by atoms with van der Waals surface area (Å²) in [4.78, 5) is 12.6. The molecule has 4 aromatic rings. The van der Waals surface area contributed by atoms with Crippen molar-refractivity contribution in [2.24, 2.45) is 5.92 Å². The van der Waals surface area contributed by atoms with Gasteiger partial charge in [0.25, 0.3) is 0 Å². The van der Waals surface area contributed by atoms with Crippen LogP contribution in [0.3, 0.4) is 0 Å². The van der Waals surface area contributed by atoms with E-state index in [-0.39, 0.29) is 23.9 Å². The van der Waals surface area contributed by atoms with Gasteiger partial charge in [-0.05, 0) is 55.4 Å². The SMILES string of the molecule is Nc1nc2cc(CCC3CC(n4ccc5c(N)ncnc54)CC3O)ccc2cc1F. The van der Waals surface area contributed by atoms with E-state index in [1.807, 2.05) is 30.5 Å². The lowest BCUT2D eigenvalue weighted by Crippen LogP contribution is -2.13. The van der Waals surface area contributed by atoms with Crippen LogP contribution < -0.4 is 11.5 Å². The lowest BCUT2D eigenvalue weighted by molar-refractivity contribution is 0.127. The van der Waals surface area contributed by atoms with Gasteiger partial charge in [-0.25, -0.2) is 19.3 Å². The summed E-state index contributed by atoms with van der Waals surface area (Å²) in [7, 11) is 0. The van der Waals surface area contributed by atoms with Crippen molar-refractivity contribution in [1.82, 2.24) is 19.5 Å². The average Bonchev–Trinajstić information content (AvgIpc) is 3.31. The molecule has 0 aliphatic heterocycles. The molecule has 1 saturated carbocycles. The molecule has 3 aromatic heterocycles. The number of aryl methyl sites for hydroxylation is 1. The van der Waals surface area contributed by atoms with Gasteiger partial charge in [-0.1, -0.05) is 12.1 Å². The molecule has 0 amide bonds. The van der Waals surface area contributed by atoms with Crippen molar-refractivity contribution in [3.05, 3.63) is 54.2 Å². The molecular formula is C22H23FN6O. The van der Waals surface area contributed by atoms with E-state index in [9.17, 15) is 9.50 Å². The minimum atomic E-state index is -0.500. The quantitative estimate of drug-likeness (QED) is 0.479. The van der Waals surface area contributed by atoms with E-state index in [0.29, 0.717) is 17.8 Å². The number of nitrogens with zero attached hydrogens (tertiary/aromatic N) is 4. The van der Waals surface area contributed by atoms with Crippen molar-refractivity contribution in [3.63, 3.8) is 0 Å². The number of aromatic nitrogens is 4. The molecule has 30 heavy (non-hydrogen) atoms. The first-order chi connectivity index (χ1) is 14.5. The second-order valence-corrected chi connectivity index (χ2v) is 8.09. The van der Waals surface area contributed by atoms with Crippen LogP contribution in [0.25, 0.3) is 21.9 Å². The summed E-state index contributed by atoms with van der Waals surface area (Å²) in [6, 6.07) is 9.31. The van der Waals surface area contributed by atoms with Gasteiger partial charge in [-0.2, -0.15) is 0 Å². The number of benzene rings is 1. The van der Waals surface area contributed by atoms with Crippen LogP contribution in [-0.2, 0) is 6.42 Å². The molecule has 3 unspecified atom stereocenters. The van der Waals surface area contributed by atoms with Crippen molar-refractivity contribution >= 4 is 33.6 Å². The number of halogens is 1. The number of aliphatic hydroxyl groups excluding tert-OH is 1. The minimum absolute atomic E-state index is 0.0860. The Kier molecular flexibility index (Phi) is 4.51. The zero-order valence-electron chi connectivity index (χ0n) is 16.4. The van der Waals surface area contributed by atoms with Gasteiger partial charge >= 0.3 is 0 Å². The van der Waals surface area contributed by atoms with E-state index >= 15 is 0 Å². The third-order valence-corrected chi connectivity index (χ3v) is 6.23. The Hall–Kier alpha value is -3.26. The molecule has 1 aliphatic rings. The van der Waals surface area contributed by atoms with Crippen LogP contribution in [0.4, 0.5) is 16.0 Å². The van der Waals surface area contributed by atoms with Crippen LogP contribution >= 0.6 is 0 Å². The maximum absolute atomic E-state index is 13.6. The Morgan fingerprint density at radius 2 is 1.97 bits per heavy atom. The molecular weight excluding hydrogens is 383 g/mol. The highest BCUT2D eigenvalue weighted by atomic mass is 19.1. The van der Waals surface area contributed by atoms with Gasteiger partial charge in [-0.3, -0.25) is 0 Å². The summed E-state index contributed by atoms with van der Waals surface area (Å²) in [5, 5.41) is 12.2. The number of nitrogen functional groups attached to an aromatic ring is 2. The van der Waals surface area contributed by atoms with Gasteiger partial charge in [0.2, 0.25) is 0 Å². The second kappa shape index (κ2) is 7.21. The molecule has 5 rings (SSSR count). The first-order valence-corrected chi connectivity index (χ1v) is 10.1. The second-order valence-electron chi connectivity index (χ2n) is 8.09. The number of nitrogens with two attached hydrogens (primary N) is 2. The molecule has 0 radical (unpaired) electrons. The van der Waals surface area contributed by atoms with E-state index in [4.69, 9.17) is 11.5 Å². The fourth-order valence-corrected chi connectivity index (χ4v) is 4.61. The van der Waals surface area contributed by atoms with Crippen molar-refractivity contribution in [1.29, 1.82) is 0 Å². The zero-order chi connectivity index (χ0) is 20.8. The summed E-state index contributed by atoms with van der Waals surface area (Å²) in [5.41, 5.74) is 14.1.